The number of ether oxygens (including phenoxy) is 6. The standard InChI is InChI=1S/C40H56O6/c1-7-11-15-19-43-37-25-31-29(23-35(37)41-5)33-27-39(45-21-17-13-9-3)40(46-22-18-14-10-4)28-34(33)30-24-36(42-6)38(26-32(30)31)44-20-16-12-8-2/h23-28H,7-22H2,1-6H3. The van der Waals surface area contributed by atoms with E-state index in [0.29, 0.717) is 26.4 Å². The molecule has 0 bridgehead atoms. The molecule has 46 heavy (non-hydrogen) atoms. The van der Waals surface area contributed by atoms with Crippen LogP contribution in [-0.2, 0) is 0 Å². The normalized spacial score (nSPS) is 11.3. The Bertz CT molecular complexity index is 1390. The topological polar surface area (TPSA) is 55.4 Å². The van der Waals surface area contributed by atoms with Crippen LogP contribution in [0, 0.1) is 0 Å². The molecule has 4 aromatic rings. The molecule has 6 heteroatoms. The van der Waals surface area contributed by atoms with Crippen molar-refractivity contribution in [1.29, 1.82) is 0 Å². The van der Waals surface area contributed by atoms with Crippen LogP contribution in [0.4, 0.5) is 0 Å². The van der Waals surface area contributed by atoms with E-state index >= 15 is 0 Å². The number of fused-ring (bicyclic) bond motifs is 6. The first-order chi connectivity index (χ1) is 22.6. The number of methoxy groups -OCH3 is 2. The monoisotopic (exact) mass is 632 g/mol. The highest BCUT2D eigenvalue weighted by atomic mass is 16.5. The van der Waals surface area contributed by atoms with Gasteiger partial charge in [0.05, 0.1) is 40.6 Å². The Balaban J connectivity index is 1.96. The molecule has 0 heterocycles. The lowest BCUT2D eigenvalue weighted by Gasteiger charge is -2.20. The molecule has 4 rings (SSSR count). The molecule has 0 aliphatic rings. The summed E-state index contributed by atoms with van der Waals surface area (Å²) in [6.45, 7) is 11.4. The Morgan fingerprint density at radius 2 is 0.543 bits per heavy atom. The molecule has 0 saturated heterocycles. The van der Waals surface area contributed by atoms with E-state index in [2.05, 4.69) is 64.1 Å². The molecule has 252 valence electrons. The summed E-state index contributed by atoms with van der Waals surface area (Å²) in [7, 11) is 3.42. The molecular formula is C40H56O6. The predicted octanol–water partition coefficient (Wildman–Crippen LogP) is 11.4. The minimum atomic E-state index is 0.648. The third-order valence-corrected chi connectivity index (χ3v) is 8.58. The van der Waals surface area contributed by atoms with E-state index in [0.717, 1.165) is 144 Å². The largest absolute Gasteiger partial charge is 0.493 e. The molecule has 0 atom stereocenters. The van der Waals surface area contributed by atoms with Crippen LogP contribution in [0.1, 0.15) is 105 Å². The molecule has 0 spiro atoms. The third-order valence-electron chi connectivity index (χ3n) is 8.58. The molecule has 0 aliphatic heterocycles. The SMILES string of the molecule is CCCCCOc1cc2c(cc1OC)c1cc(OCCCCC)c(OCCCCC)cc1c1cc(OC)c(OCCCCC)cc12. The molecule has 0 aliphatic carbocycles. The van der Waals surface area contributed by atoms with E-state index in [-0.39, 0.29) is 0 Å². The zero-order valence-electron chi connectivity index (χ0n) is 29.2. The van der Waals surface area contributed by atoms with Crippen LogP contribution in [0.15, 0.2) is 36.4 Å². The average Bonchev–Trinajstić information content (AvgIpc) is 3.08. The Labute approximate surface area is 276 Å². The lowest BCUT2D eigenvalue weighted by molar-refractivity contribution is 0.260. The van der Waals surface area contributed by atoms with Crippen molar-refractivity contribution >= 4 is 32.3 Å². The Morgan fingerprint density at radius 1 is 0.326 bits per heavy atom. The minimum absolute atomic E-state index is 0.648. The maximum absolute atomic E-state index is 6.42. The van der Waals surface area contributed by atoms with Crippen molar-refractivity contribution in [2.75, 3.05) is 40.6 Å². The van der Waals surface area contributed by atoms with Crippen LogP contribution in [0.5, 0.6) is 34.5 Å². The van der Waals surface area contributed by atoms with Gasteiger partial charge in [0.1, 0.15) is 0 Å². The second kappa shape index (κ2) is 18.6. The smallest absolute Gasteiger partial charge is 0.161 e. The first kappa shape index (κ1) is 35.3. The summed E-state index contributed by atoms with van der Waals surface area (Å²) in [5.41, 5.74) is 0. The van der Waals surface area contributed by atoms with Crippen molar-refractivity contribution in [2.45, 2.75) is 105 Å². The van der Waals surface area contributed by atoms with E-state index in [4.69, 9.17) is 28.4 Å². The van der Waals surface area contributed by atoms with Crippen molar-refractivity contribution < 1.29 is 28.4 Å². The average molecular weight is 633 g/mol. The molecule has 4 aromatic carbocycles. The van der Waals surface area contributed by atoms with Gasteiger partial charge in [-0.25, -0.2) is 0 Å². The summed E-state index contributed by atoms with van der Waals surface area (Å²) in [6, 6.07) is 12.8. The van der Waals surface area contributed by atoms with Gasteiger partial charge in [0.2, 0.25) is 0 Å². The Morgan fingerprint density at radius 3 is 0.761 bits per heavy atom. The molecule has 0 fully saturated rings. The second-order valence-corrected chi connectivity index (χ2v) is 12.2. The fourth-order valence-electron chi connectivity index (χ4n) is 5.92. The van der Waals surface area contributed by atoms with E-state index in [1.807, 2.05) is 0 Å². The molecule has 0 unspecified atom stereocenters. The summed E-state index contributed by atoms with van der Waals surface area (Å²) < 4.78 is 37.3. The molecular weight excluding hydrogens is 576 g/mol. The summed E-state index contributed by atoms with van der Waals surface area (Å²) in [5, 5.41) is 6.43. The molecule has 0 radical (unpaired) electrons. The van der Waals surface area contributed by atoms with Crippen LogP contribution >= 0.6 is 0 Å². The summed E-state index contributed by atoms with van der Waals surface area (Å²) in [4.78, 5) is 0. The summed E-state index contributed by atoms with van der Waals surface area (Å²) >= 11 is 0. The van der Waals surface area contributed by atoms with Crippen molar-refractivity contribution in [3.63, 3.8) is 0 Å². The molecule has 0 N–H and O–H groups in total. The van der Waals surface area contributed by atoms with Gasteiger partial charge in [0, 0.05) is 0 Å². The van der Waals surface area contributed by atoms with Gasteiger partial charge in [-0.2, -0.15) is 0 Å². The summed E-state index contributed by atoms with van der Waals surface area (Å²) in [5.74, 6) is 4.50. The lowest BCUT2D eigenvalue weighted by Crippen LogP contribution is -2.03. The quantitative estimate of drug-likeness (QED) is 0.0635. The van der Waals surface area contributed by atoms with Gasteiger partial charge in [0.25, 0.3) is 0 Å². The first-order valence-corrected chi connectivity index (χ1v) is 17.7. The Kier molecular flexibility index (Phi) is 14.3. The van der Waals surface area contributed by atoms with Gasteiger partial charge in [-0.3, -0.25) is 0 Å². The van der Waals surface area contributed by atoms with Crippen LogP contribution in [0.3, 0.4) is 0 Å². The van der Waals surface area contributed by atoms with Crippen molar-refractivity contribution in [3.8, 4) is 34.5 Å². The van der Waals surface area contributed by atoms with Gasteiger partial charge in [-0.05, 0) is 94.4 Å². The molecule has 6 nitrogen and oxygen atoms in total. The second-order valence-electron chi connectivity index (χ2n) is 12.2. The van der Waals surface area contributed by atoms with Gasteiger partial charge < -0.3 is 28.4 Å². The number of hydrogen-bond acceptors (Lipinski definition) is 6. The number of rotatable bonds is 22. The van der Waals surface area contributed by atoms with Crippen molar-refractivity contribution in [2.24, 2.45) is 0 Å². The number of unbranched alkanes of at least 4 members (excludes halogenated alkanes) is 8. The maximum atomic E-state index is 6.42. The summed E-state index contributed by atoms with van der Waals surface area (Å²) in [6.07, 6.45) is 13.1. The van der Waals surface area contributed by atoms with E-state index < -0.39 is 0 Å². The first-order valence-electron chi connectivity index (χ1n) is 17.7. The van der Waals surface area contributed by atoms with Crippen LogP contribution in [0.25, 0.3) is 32.3 Å². The fraction of sp³-hybridized carbons (Fsp3) is 0.550. The molecule has 0 saturated carbocycles. The minimum Gasteiger partial charge on any atom is -0.493 e. The van der Waals surface area contributed by atoms with Gasteiger partial charge in [0.15, 0.2) is 34.5 Å². The van der Waals surface area contributed by atoms with Gasteiger partial charge in [-0.15, -0.1) is 0 Å². The van der Waals surface area contributed by atoms with E-state index in [1.54, 1.807) is 14.2 Å². The van der Waals surface area contributed by atoms with E-state index in [1.165, 1.54) is 0 Å². The fourth-order valence-corrected chi connectivity index (χ4v) is 5.92. The zero-order chi connectivity index (χ0) is 32.7. The van der Waals surface area contributed by atoms with Crippen molar-refractivity contribution in [1.82, 2.24) is 0 Å². The highest BCUT2D eigenvalue weighted by Gasteiger charge is 2.20. The Hall–Kier alpha value is -3.54. The zero-order valence-corrected chi connectivity index (χ0v) is 29.2. The van der Waals surface area contributed by atoms with Gasteiger partial charge >= 0.3 is 0 Å². The van der Waals surface area contributed by atoms with Crippen LogP contribution < -0.4 is 28.4 Å². The van der Waals surface area contributed by atoms with Crippen molar-refractivity contribution in [3.05, 3.63) is 36.4 Å². The lowest BCUT2D eigenvalue weighted by atomic mass is 9.93. The van der Waals surface area contributed by atoms with Crippen LogP contribution in [0.2, 0.25) is 0 Å². The van der Waals surface area contributed by atoms with E-state index in [9.17, 15) is 0 Å². The van der Waals surface area contributed by atoms with Gasteiger partial charge in [-0.1, -0.05) is 79.1 Å². The highest BCUT2D eigenvalue weighted by molar-refractivity contribution is 6.26. The molecule has 0 aromatic heterocycles. The molecule has 0 amide bonds. The highest BCUT2D eigenvalue weighted by Crippen LogP contribution is 2.47. The predicted molar refractivity (Wildman–Crippen MR) is 192 cm³/mol. The van der Waals surface area contributed by atoms with Crippen LogP contribution in [-0.4, -0.2) is 40.6 Å². The number of benzene rings is 4. The maximum Gasteiger partial charge on any atom is 0.161 e. The third kappa shape index (κ3) is 8.83. The number of hydrogen-bond donors (Lipinski definition) is 0.